The number of benzene rings is 1. The third-order valence-corrected chi connectivity index (χ3v) is 3.71. The Morgan fingerprint density at radius 1 is 1.22 bits per heavy atom. The Kier molecular flexibility index (Phi) is 3.76. The lowest BCUT2D eigenvalue weighted by atomic mass is 10.0. The van der Waals surface area contributed by atoms with Gasteiger partial charge in [-0.05, 0) is 50.5 Å². The minimum atomic E-state index is 0.781. The lowest BCUT2D eigenvalue weighted by molar-refractivity contribution is 1.03. The molecule has 0 spiro atoms. The number of nitrogens with one attached hydrogen (secondary N) is 1. The molecule has 96 valence electrons. The molecule has 2 nitrogen and oxygen atoms in total. The fourth-order valence-electron chi connectivity index (χ4n) is 2.29. The van der Waals surface area contributed by atoms with Crippen LogP contribution in [-0.2, 0) is 6.42 Å². The van der Waals surface area contributed by atoms with Crippen LogP contribution in [0, 0.1) is 13.8 Å². The van der Waals surface area contributed by atoms with Gasteiger partial charge >= 0.3 is 0 Å². The molecule has 0 aliphatic carbocycles. The van der Waals surface area contributed by atoms with Crippen LogP contribution in [0.4, 0.5) is 5.69 Å². The zero-order chi connectivity index (χ0) is 13.3. The summed E-state index contributed by atoms with van der Waals surface area (Å²) in [5, 5.41) is 5.40. The summed E-state index contributed by atoms with van der Waals surface area (Å²) in [5.41, 5.74) is 5.64. The standard InChI is InChI=1S/C15H19ClN2/c1-5-13-10(4)15(17-6-2)11-7-9(3)12(16)8-14(11)18-13/h7-8H,5-6H2,1-4H3,(H,17,18). The molecular formula is C15H19ClN2. The second-order valence-electron chi connectivity index (χ2n) is 4.56. The van der Waals surface area contributed by atoms with E-state index in [1.807, 2.05) is 13.0 Å². The molecule has 0 saturated carbocycles. The van der Waals surface area contributed by atoms with Gasteiger partial charge in [0.15, 0.2) is 0 Å². The van der Waals surface area contributed by atoms with E-state index in [1.165, 1.54) is 11.3 Å². The molecule has 1 N–H and O–H groups in total. The summed E-state index contributed by atoms with van der Waals surface area (Å²) < 4.78 is 0. The SMILES string of the molecule is CCNc1c(C)c(CC)nc2cc(Cl)c(C)cc12. The van der Waals surface area contributed by atoms with Crippen molar-refractivity contribution in [2.24, 2.45) is 0 Å². The molecule has 0 aliphatic heterocycles. The summed E-state index contributed by atoms with van der Waals surface area (Å²) in [4.78, 5) is 4.71. The van der Waals surface area contributed by atoms with E-state index < -0.39 is 0 Å². The summed E-state index contributed by atoms with van der Waals surface area (Å²) in [6, 6.07) is 4.08. The fraction of sp³-hybridized carbons (Fsp3) is 0.400. The molecule has 2 aromatic rings. The topological polar surface area (TPSA) is 24.9 Å². The third-order valence-electron chi connectivity index (χ3n) is 3.30. The van der Waals surface area contributed by atoms with Gasteiger partial charge in [-0.15, -0.1) is 0 Å². The van der Waals surface area contributed by atoms with E-state index in [2.05, 4.69) is 32.2 Å². The monoisotopic (exact) mass is 262 g/mol. The van der Waals surface area contributed by atoms with Crippen molar-refractivity contribution in [3.63, 3.8) is 0 Å². The number of anilines is 1. The molecule has 1 aromatic carbocycles. The average molecular weight is 263 g/mol. The average Bonchev–Trinajstić information content (AvgIpc) is 2.35. The number of aromatic nitrogens is 1. The first-order valence-electron chi connectivity index (χ1n) is 6.41. The van der Waals surface area contributed by atoms with Gasteiger partial charge in [0, 0.05) is 28.3 Å². The summed E-state index contributed by atoms with van der Waals surface area (Å²) in [6.07, 6.45) is 0.936. The van der Waals surface area contributed by atoms with Crippen LogP contribution in [0.2, 0.25) is 5.02 Å². The van der Waals surface area contributed by atoms with Crippen molar-refractivity contribution in [3.8, 4) is 0 Å². The number of aryl methyl sites for hydroxylation is 2. The smallest absolute Gasteiger partial charge is 0.0741 e. The number of pyridine rings is 1. The highest BCUT2D eigenvalue weighted by atomic mass is 35.5. The first-order valence-corrected chi connectivity index (χ1v) is 6.79. The Labute approximate surface area is 113 Å². The van der Waals surface area contributed by atoms with E-state index in [4.69, 9.17) is 16.6 Å². The molecule has 0 atom stereocenters. The first-order chi connectivity index (χ1) is 8.58. The van der Waals surface area contributed by atoms with Gasteiger partial charge < -0.3 is 5.32 Å². The van der Waals surface area contributed by atoms with E-state index in [9.17, 15) is 0 Å². The number of nitrogens with zero attached hydrogens (tertiary/aromatic N) is 1. The van der Waals surface area contributed by atoms with Gasteiger partial charge in [-0.1, -0.05) is 18.5 Å². The van der Waals surface area contributed by atoms with Gasteiger partial charge in [-0.3, -0.25) is 4.98 Å². The predicted molar refractivity (Wildman–Crippen MR) is 79.8 cm³/mol. The van der Waals surface area contributed by atoms with Gasteiger partial charge in [0.25, 0.3) is 0 Å². The summed E-state index contributed by atoms with van der Waals surface area (Å²) >= 11 is 6.19. The number of halogens is 1. The number of rotatable bonds is 3. The van der Waals surface area contributed by atoms with E-state index >= 15 is 0 Å². The molecule has 18 heavy (non-hydrogen) atoms. The van der Waals surface area contributed by atoms with Crippen LogP contribution >= 0.6 is 11.6 Å². The highest BCUT2D eigenvalue weighted by Gasteiger charge is 2.11. The van der Waals surface area contributed by atoms with Gasteiger partial charge in [0.2, 0.25) is 0 Å². The minimum Gasteiger partial charge on any atom is -0.385 e. The predicted octanol–water partition coefficient (Wildman–Crippen LogP) is 4.50. The minimum absolute atomic E-state index is 0.781. The maximum absolute atomic E-state index is 6.19. The van der Waals surface area contributed by atoms with Gasteiger partial charge in [0.05, 0.1) is 5.52 Å². The quantitative estimate of drug-likeness (QED) is 0.881. The Balaban J connectivity index is 2.81. The Bertz CT molecular complexity index is 591. The normalized spacial score (nSPS) is 10.9. The second-order valence-corrected chi connectivity index (χ2v) is 4.97. The highest BCUT2D eigenvalue weighted by Crippen LogP contribution is 2.31. The summed E-state index contributed by atoms with van der Waals surface area (Å²) in [6.45, 7) is 9.31. The molecule has 0 fully saturated rings. The van der Waals surface area contributed by atoms with Crippen molar-refractivity contribution in [1.29, 1.82) is 0 Å². The van der Waals surface area contributed by atoms with E-state index in [1.54, 1.807) is 0 Å². The third kappa shape index (κ3) is 2.17. The molecule has 0 saturated heterocycles. The van der Waals surface area contributed by atoms with Crippen LogP contribution in [-0.4, -0.2) is 11.5 Å². The van der Waals surface area contributed by atoms with Crippen LogP contribution < -0.4 is 5.32 Å². The molecule has 0 amide bonds. The lowest BCUT2D eigenvalue weighted by Crippen LogP contribution is -2.04. The highest BCUT2D eigenvalue weighted by molar-refractivity contribution is 6.32. The van der Waals surface area contributed by atoms with Crippen molar-refractivity contribution in [3.05, 3.63) is 34.0 Å². The van der Waals surface area contributed by atoms with Gasteiger partial charge in [0.1, 0.15) is 0 Å². The second kappa shape index (κ2) is 5.15. The first kappa shape index (κ1) is 13.2. The number of hydrogen-bond donors (Lipinski definition) is 1. The summed E-state index contributed by atoms with van der Waals surface area (Å²) in [5.74, 6) is 0. The van der Waals surface area contributed by atoms with Crippen LogP contribution in [0.25, 0.3) is 10.9 Å². The molecular weight excluding hydrogens is 244 g/mol. The van der Waals surface area contributed by atoms with Crippen molar-refractivity contribution >= 4 is 28.2 Å². The van der Waals surface area contributed by atoms with Crippen molar-refractivity contribution in [1.82, 2.24) is 4.98 Å². The van der Waals surface area contributed by atoms with Crippen LogP contribution in [0.1, 0.15) is 30.7 Å². The maximum atomic E-state index is 6.19. The number of fused-ring (bicyclic) bond motifs is 1. The summed E-state index contributed by atoms with van der Waals surface area (Å²) in [7, 11) is 0. The van der Waals surface area contributed by atoms with Gasteiger partial charge in [-0.25, -0.2) is 0 Å². The van der Waals surface area contributed by atoms with Gasteiger partial charge in [-0.2, -0.15) is 0 Å². The Morgan fingerprint density at radius 3 is 2.56 bits per heavy atom. The zero-order valence-electron chi connectivity index (χ0n) is 11.4. The Hall–Kier alpha value is -1.28. The fourth-order valence-corrected chi connectivity index (χ4v) is 2.45. The van der Waals surface area contributed by atoms with Crippen molar-refractivity contribution < 1.29 is 0 Å². The zero-order valence-corrected chi connectivity index (χ0v) is 12.2. The Morgan fingerprint density at radius 2 is 1.94 bits per heavy atom. The van der Waals surface area contributed by atoms with Crippen LogP contribution in [0.5, 0.6) is 0 Å². The van der Waals surface area contributed by atoms with E-state index in [0.717, 1.165) is 40.1 Å². The van der Waals surface area contributed by atoms with E-state index in [-0.39, 0.29) is 0 Å². The maximum Gasteiger partial charge on any atom is 0.0741 e. The molecule has 0 unspecified atom stereocenters. The molecule has 0 radical (unpaired) electrons. The molecule has 1 heterocycles. The number of hydrogen-bond acceptors (Lipinski definition) is 2. The molecule has 2 rings (SSSR count). The van der Waals surface area contributed by atoms with Crippen molar-refractivity contribution in [2.75, 3.05) is 11.9 Å². The largest absolute Gasteiger partial charge is 0.385 e. The van der Waals surface area contributed by atoms with E-state index in [0.29, 0.717) is 0 Å². The lowest BCUT2D eigenvalue weighted by Gasteiger charge is -2.15. The van der Waals surface area contributed by atoms with Crippen LogP contribution in [0.3, 0.4) is 0 Å². The molecule has 0 aliphatic rings. The molecule has 3 heteroatoms. The van der Waals surface area contributed by atoms with Crippen LogP contribution in [0.15, 0.2) is 12.1 Å². The van der Waals surface area contributed by atoms with Crippen molar-refractivity contribution in [2.45, 2.75) is 34.1 Å². The molecule has 0 bridgehead atoms. The molecule has 1 aromatic heterocycles.